The summed E-state index contributed by atoms with van der Waals surface area (Å²) in [5.74, 6) is -0.847. The number of hydrogen-bond acceptors (Lipinski definition) is 4. The van der Waals surface area contributed by atoms with E-state index in [1.54, 1.807) is 18.5 Å². The maximum absolute atomic E-state index is 13.4. The highest BCUT2D eigenvalue weighted by molar-refractivity contribution is 5.93. The smallest absolute Gasteiger partial charge is 0.257 e. The molecular formula is C21H26F2N4O. The lowest BCUT2D eigenvalue weighted by Crippen LogP contribution is -2.40. The Morgan fingerprint density at radius 3 is 2.68 bits per heavy atom. The van der Waals surface area contributed by atoms with E-state index < -0.39 is 11.6 Å². The van der Waals surface area contributed by atoms with Gasteiger partial charge in [-0.2, -0.15) is 0 Å². The fourth-order valence-corrected chi connectivity index (χ4v) is 3.50. The summed E-state index contributed by atoms with van der Waals surface area (Å²) in [5.41, 5.74) is 1.26. The number of carbonyl (C=O) groups is 1. The molecule has 1 amide bonds. The molecule has 3 rings (SSSR count). The van der Waals surface area contributed by atoms with Crippen LogP contribution in [-0.4, -0.2) is 39.9 Å². The highest BCUT2D eigenvalue weighted by Gasteiger charge is 2.25. The van der Waals surface area contributed by atoms with Crippen molar-refractivity contribution >= 4 is 11.9 Å². The fourth-order valence-electron chi connectivity index (χ4n) is 3.50. The molecule has 1 fully saturated rings. The predicted octanol–water partition coefficient (Wildman–Crippen LogP) is 4.06. The molecule has 1 aromatic heterocycles. The minimum Gasteiger partial charge on any atom is -0.352 e. The standard InChI is InChI=1S/C21H26F2N4O/c1-14(2)26-21-24-11-17(12-25-21)20(28)27-9-3-4-16(13-27)6-5-15-7-8-18(22)19(23)10-15/h7-8,10-12,14,16H,3-6,9,13H2,1-2H3,(H,24,25,26). The van der Waals surface area contributed by atoms with Crippen LogP contribution < -0.4 is 5.32 Å². The number of aromatic nitrogens is 2. The summed E-state index contributed by atoms with van der Waals surface area (Å²) in [6, 6.07) is 4.26. The van der Waals surface area contributed by atoms with Crippen LogP contribution in [-0.2, 0) is 6.42 Å². The molecule has 150 valence electrons. The molecule has 0 spiro atoms. The number of anilines is 1. The van der Waals surface area contributed by atoms with Crippen molar-refractivity contribution in [1.29, 1.82) is 0 Å². The maximum atomic E-state index is 13.4. The van der Waals surface area contributed by atoms with Gasteiger partial charge in [-0.3, -0.25) is 4.79 Å². The molecule has 5 nitrogen and oxygen atoms in total. The van der Waals surface area contributed by atoms with Crippen LogP contribution in [0.15, 0.2) is 30.6 Å². The predicted molar refractivity (Wildman–Crippen MR) is 104 cm³/mol. The highest BCUT2D eigenvalue weighted by atomic mass is 19.2. The van der Waals surface area contributed by atoms with Crippen LogP contribution in [0, 0.1) is 17.6 Å². The third kappa shape index (κ3) is 5.24. The van der Waals surface area contributed by atoms with E-state index in [0.717, 1.165) is 24.8 Å². The Labute approximate surface area is 164 Å². The number of rotatable bonds is 6. The van der Waals surface area contributed by atoms with Gasteiger partial charge in [0.1, 0.15) is 0 Å². The maximum Gasteiger partial charge on any atom is 0.257 e. The van der Waals surface area contributed by atoms with Gasteiger partial charge in [0.2, 0.25) is 5.95 Å². The highest BCUT2D eigenvalue weighted by Crippen LogP contribution is 2.23. The topological polar surface area (TPSA) is 58.1 Å². The van der Waals surface area contributed by atoms with Crippen LogP contribution in [0.3, 0.4) is 0 Å². The van der Waals surface area contributed by atoms with Gasteiger partial charge in [0, 0.05) is 31.5 Å². The molecule has 0 bridgehead atoms. The molecule has 0 aliphatic carbocycles. The van der Waals surface area contributed by atoms with E-state index in [1.165, 1.54) is 12.1 Å². The summed E-state index contributed by atoms with van der Waals surface area (Å²) in [7, 11) is 0. The number of likely N-dealkylation sites (tertiary alicyclic amines) is 1. The first-order chi connectivity index (χ1) is 13.4. The van der Waals surface area contributed by atoms with Crippen LogP contribution in [0.2, 0.25) is 0 Å². The van der Waals surface area contributed by atoms with E-state index in [0.29, 0.717) is 36.9 Å². The molecule has 7 heteroatoms. The lowest BCUT2D eigenvalue weighted by Gasteiger charge is -2.33. The Morgan fingerprint density at radius 1 is 1.25 bits per heavy atom. The van der Waals surface area contributed by atoms with Gasteiger partial charge >= 0.3 is 0 Å². The zero-order chi connectivity index (χ0) is 20.1. The van der Waals surface area contributed by atoms with Gasteiger partial charge in [-0.05, 0) is 63.1 Å². The zero-order valence-electron chi connectivity index (χ0n) is 16.3. The molecule has 1 atom stereocenters. The number of amides is 1. The lowest BCUT2D eigenvalue weighted by atomic mass is 9.91. The van der Waals surface area contributed by atoms with Gasteiger partial charge in [0.25, 0.3) is 5.91 Å². The first kappa shape index (κ1) is 20.2. The molecule has 1 saturated heterocycles. The van der Waals surface area contributed by atoms with Crippen LogP contribution >= 0.6 is 0 Å². The van der Waals surface area contributed by atoms with E-state index >= 15 is 0 Å². The number of piperidine rings is 1. The minimum atomic E-state index is -0.824. The molecule has 0 radical (unpaired) electrons. The summed E-state index contributed by atoms with van der Waals surface area (Å²) < 4.78 is 26.4. The molecule has 2 aromatic rings. The summed E-state index contributed by atoms with van der Waals surface area (Å²) in [5, 5.41) is 3.10. The van der Waals surface area contributed by atoms with Gasteiger partial charge in [-0.1, -0.05) is 6.07 Å². The van der Waals surface area contributed by atoms with Crippen molar-refractivity contribution in [2.45, 2.75) is 45.6 Å². The molecule has 28 heavy (non-hydrogen) atoms. The van der Waals surface area contributed by atoms with E-state index in [-0.39, 0.29) is 11.9 Å². The quantitative estimate of drug-likeness (QED) is 0.811. The van der Waals surface area contributed by atoms with Crippen LogP contribution in [0.1, 0.15) is 49.0 Å². The molecule has 1 N–H and O–H groups in total. The molecule has 1 aliphatic rings. The monoisotopic (exact) mass is 388 g/mol. The Morgan fingerprint density at radius 2 is 2.00 bits per heavy atom. The van der Waals surface area contributed by atoms with Gasteiger partial charge < -0.3 is 10.2 Å². The van der Waals surface area contributed by atoms with Gasteiger partial charge in [0.05, 0.1) is 5.56 Å². The number of benzene rings is 1. The van der Waals surface area contributed by atoms with Crippen molar-refractivity contribution in [1.82, 2.24) is 14.9 Å². The largest absolute Gasteiger partial charge is 0.352 e. The summed E-state index contributed by atoms with van der Waals surface area (Å²) in [6.45, 7) is 5.37. The van der Waals surface area contributed by atoms with Gasteiger partial charge in [0.15, 0.2) is 11.6 Å². The number of halogens is 2. The Hall–Kier alpha value is -2.57. The van der Waals surface area contributed by atoms with Crippen LogP contribution in [0.25, 0.3) is 0 Å². The number of aryl methyl sites for hydroxylation is 1. The molecule has 1 aromatic carbocycles. The summed E-state index contributed by atoms with van der Waals surface area (Å²) >= 11 is 0. The van der Waals surface area contributed by atoms with Crippen molar-refractivity contribution < 1.29 is 13.6 Å². The van der Waals surface area contributed by atoms with E-state index in [9.17, 15) is 13.6 Å². The molecule has 2 heterocycles. The summed E-state index contributed by atoms with van der Waals surface area (Å²) in [4.78, 5) is 23.0. The van der Waals surface area contributed by atoms with Crippen molar-refractivity contribution in [2.24, 2.45) is 5.92 Å². The molecule has 0 saturated carbocycles. The normalized spacial score (nSPS) is 17.0. The number of carbonyl (C=O) groups excluding carboxylic acids is 1. The van der Waals surface area contributed by atoms with Crippen molar-refractivity contribution in [3.63, 3.8) is 0 Å². The fraction of sp³-hybridized carbons (Fsp3) is 0.476. The first-order valence-electron chi connectivity index (χ1n) is 9.74. The number of hydrogen-bond donors (Lipinski definition) is 1. The van der Waals surface area contributed by atoms with E-state index in [4.69, 9.17) is 0 Å². The third-order valence-corrected chi connectivity index (χ3v) is 4.95. The Bertz CT molecular complexity index is 811. The van der Waals surface area contributed by atoms with E-state index in [1.807, 2.05) is 18.7 Å². The van der Waals surface area contributed by atoms with Crippen molar-refractivity contribution in [3.8, 4) is 0 Å². The first-order valence-corrected chi connectivity index (χ1v) is 9.74. The second kappa shape index (κ2) is 9.08. The SMILES string of the molecule is CC(C)Nc1ncc(C(=O)N2CCCC(CCc3ccc(F)c(F)c3)C2)cn1. The van der Waals surface area contributed by atoms with Gasteiger partial charge in [-0.15, -0.1) is 0 Å². The van der Waals surface area contributed by atoms with Crippen molar-refractivity contribution in [2.75, 3.05) is 18.4 Å². The Balaban J connectivity index is 1.56. The molecule has 1 aliphatic heterocycles. The summed E-state index contributed by atoms with van der Waals surface area (Å²) in [6.07, 6.45) is 6.59. The molecular weight excluding hydrogens is 362 g/mol. The van der Waals surface area contributed by atoms with Gasteiger partial charge in [-0.25, -0.2) is 18.7 Å². The van der Waals surface area contributed by atoms with Crippen molar-refractivity contribution in [3.05, 3.63) is 53.4 Å². The number of nitrogens with zero attached hydrogens (tertiary/aromatic N) is 3. The van der Waals surface area contributed by atoms with Crippen LogP contribution in [0.5, 0.6) is 0 Å². The zero-order valence-corrected chi connectivity index (χ0v) is 16.3. The number of nitrogens with one attached hydrogen (secondary N) is 1. The molecule has 1 unspecified atom stereocenters. The third-order valence-electron chi connectivity index (χ3n) is 4.95. The lowest BCUT2D eigenvalue weighted by molar-refractivity contribution is 0.0667. The average Bonchev–Trinajstić information content (AvgIpc) is 2.69. The average molecular weight is 388 g/mol. The second-order valence-corrected chi connectivity index (χ2v) is 7.64. The minimum absolute atomic E-state index is 0.0615. The van der Waals surface area contributed by atoms with Crippen LogP contribution in [0.4, 0.5) is 14.7 Å². The Kier molecular flexibility index (Phi) is 6.54. The van der Waals surface area contributed by atoms with E-state index in [2.05, 4.69) is 15.3 Å². The second-order valence-electron chi connectivity index (χ2n) is 7.64.